The average molecular weight is 173 g/mol. The molecule has 1 atom stereocenters. The van der Waals surface area contributed by atoms with Crippen LogP contribution in [-0.2, 0) is 0 Å². The van der Waals surface area contributed by atoms with Crippen LogP contribution >= 0.6 is 0 Å². The average Bonchev–Trinajstić information content (AvgIpc) is 2.06. The topological polar surface area (TPSA) is 26.0 Å². The molecule has 0 aromatic rings. The van der Waals surface area contributed by atoms with Gasteiger partial charge >= 0.3 is 0 Å². The first kappa shape index (κ1) is 9.97. The lowest BCUT2D eigenvalue weighted by atomic mass is 9.69. The summed E-state index contributed by atoms with van der Waals surface area (Å²) in [5.74, 6) is 0. The minimum absolute atomic E-state index is 0.0625. The molecule has 12 heavy (non-hydrogen) atoms. The van der Waals surface area contributed by atoms with Crippen LogP contribution in [0.5, 0.6) is 0 Å². The lowest BCUT2D eigenvalue weighted by Crippen LogP contribution is -2.34. The number of nitrogens with two attached hydrogens (primary N) is 1. The lowest BCUT2D eigenvalue weighted by Gasteiger charge is -2.38. The van der Waals surface area contributed by atoms with Crippen molar-refractivity contribution >= 4 is 0 Å². The molecular weight excluding hydrogens is 153 g/mol. The standard InChI is InChI=1S/C10H20FN/c1-9(11)10(7-8-12)5-3-2-4-6-10/h9H,2-8,12H2,1H3. The van der Waals surface area contributed by atoms with Gasteiger partial charge in [0.1, 0.15) is 6.17 Å². The largest absolute Gasteiger partial charge is 0.330 e. The van der Waals surface area contributed by atoms with Crippen LogP contribution in [0.3, 0.4) is 0 Å². The first-order chi connectivity index (χ1) is 5.71. The van der Waals surface area contributed by atoms with Crippen LogP contribution in [0.2, 0.25) is 0 Å². The molecule has 0 radical (unpaired) electrons. The molecule has 0 heterocycles. The van der Waals surface area contributed by atoms with Gasteiger partial charge in [0.05, 0.1) is 0 Å². The van der Waals surface area contributed by atoms with Crippen molar-refractivity contribution in [1.29, 1.82) is 0 Å². The van der Waals surface area contributed by atoms with E-state index < -0.39 is 6.17 Å². The summed E-state index contributed by atoms with van der Waals surface area (Å²) in [6.07, 6.45) is 5.93. The summed E-state index contributed by atoms with van der Waals surface area (Å²) in [5, 5.41) is 0. The van der Waals surface area contributed by atoms with Crippen LogP contribution in [0.25, 0.3) is 0 Å². The Morgan fingerprint density at radius 1 is 1.33 bits per heavy atom. The minimum atomic E-state index is -0.679. The van der Waals surface area contributed by atoms with Gasteiger partial charge in [0.15, 0.2) is 0 Å². The fourth-order valence-electron chi connectivity index (χ4n) is 2.39. The number of rotatable bonds is 3. The fraction of sp³-hybridized carbons (Fsp3) is 1.00. The summed E-state index contributed by atoms with van der Waals surface area (Å²) < 4.78 is 13.4. The van der Waals surface area contributed by atoms with E-state index in [1.54, 1.807) is 6.92 Å². The summed E-state index contributed by atoms with van der Waals surface area (Å²) in [7, 11) is 0. The third kappa shape index (κ3) is 1.98. The van der Waals surface area contributed by atoms with Crippen molar-refractivity contribution in [2.24, 2.45) is 11.1 Å². The second-order valence-electron chi connectivity index (χ2n) is 4.08. The maximum atomic E-state index is 13.4. The maximum Gasteiger partial charge on any atom is 0.103 e. The van der Waals surface area contributed by atoms with Crippen LogP contribution in [0.15, 0.2) is 0 Å². The number of alkyl halides is 1. The van der Waals surface area contributed by atoms with Gasteiger partial charge in [-0.2, -0.15) is 0 Å². The highest BCUT2D eigenvalue weighted by molar-refractivity contribution is 4.87. The molecule has 1 saturated carbocycles. The van der Waals surface area contributed by atoms with E-state index in [0.717, 1.165) is 19.3 Å². The van der Waals surface area contributed by atoms with Crippen LogP contribution in [0, 0.1) is 5.41 Å². The normalized spacial score (nSPS) is 25.2. The Bertz CT molecular complexity index is 122. The van der Waals surface area contributed by atoms with Gasteiger partial charge in [0.25, 0.3) is 0 Å². The molecule has 1 rings (SSSR count). The molecule has 0 aliphatic heterocycles. The van der Waals surface area contributed by atoms with Crippen molar-refractivity contribution in [3.05, 3.63) is 0 Å². The van der Waals surface area contributed by atoms with Crippen molar-refractivity contribution in [2.75, 3.05) is 6.54 Å². The molecule has 72 valence electrons. The summed E-state index contributed by atoms with van der Waals surface area (Å²) in [5.41, 5.74) is 5.45. The van der Waals surface area contributed by atoms with Gasteiger partial charge < -0.3 is 5.73 Å². The van der Waals surface area contributed by atoms with Crippen LogP contribution in [0.1, 0.15) is 45.4 Å². The first-order valence-electron chi connectivity index (χ1n) is 5.05. The minimum Gasteiger partial charge on any atom is -0.330 e. The molecule has 0 spiro atoms. The number of halogens is 1. The van der Waals surface area contributed by atoms with Crippen molar-refractivity contribution in [2.45, 2.75) is 51.6 Å². The van der Waals surface area contributed by atoms with Gasteiger partial charge in [-0.05, 0) is 32.7 Å². The summed E-state index contributed by atoms with van der Waals surface area (Å²) >= 11 is 0. The molecule has 1 aliphatic rings. The monoisotopic (exact) mass is 173 g/mol. The van der Waals surface area contributed by atoms with Crippen molar-refractivity contribution in [3.63, 3.8) is 0 Å². The Kier molecular flexibility index (Phi) is 3.51. The third-order valence-corrected chi connectivity index (χ3v) is 3.34. The second kappa shape index (κ2) is 4.22. The van der Waals surface area contributed by atoms with Gasteiger partial charge in [-0.15, -0.1) is 0 Å². The molecule has 2 N–H and O–H groups in total. The Morgan fingerprint density at radius 2 is 1.92 bits per heavy atom. The van der Waals surface area contributed by atoms with Gasteiger partial charge in [0.2, 0.25) is 0 Å². The van der Waals surface area contributed by atoms with Crippen LogP contribution < -0.4 is 5.73 Å². The highest BCUT2D eigenvalue weighted by Gasteiger charge is 2.36. The van der Waals surface area contributed by atoms with E-state index in [0.29, 0.717) is 6.54 Å². The van der Waals surface area contributed by atoms with E-state index in [-0.39, 0.29) is 5.41 Å². The molecule has 0 amide bonds. The predicted molar refractivity (Wildman–Crippen MR) is 49.8 cm³/mol. The number of hydrogen-bond acceptors (Lipinski definition) is 1. The van der Waals surface area contributed by atoms with Crippen LogP contribution in [0.4, 0.5) is 4.39 Å². The van der Waals surface area contributed by atoms with E-state index >= 15 is 0 Å². The van der Waals surface area contributed by atoms with E-state index in [9.17, 15) is 4.39 Å². The summed E-state index contributed by atoms with van der Waals surface area (Å²) in [6, 6.07) is 0. The molecule has 0 saturated heterocycles. The Balaban J connectivity index is 2.56. The van der Waals surface area contributed by atoms with Crippen molar-refractivity contribution in [1.82, 2.24) is 0 Å². The quantitative estimate of drug-likeness (QED) is 0.697. The SMILES string of the molecule is CC(F)C1(CCN)CCCCC1. The van der Waals surface area contributed by atoms with E-state index in [1.165, 1.54) is 19.3 Å². The Labute approximate surface area is 74.5 Å². The zero-order chi connectivity index (χ0) is 9.03. The maximum absolute atomic E-state index is 13.4. The van der Waals surface area contributed by atoms with Crippen molar-refractivity contribution < 1.29 is 4.39 Å². The Hall–Kier alpha value is -0.110. The van der Waals surface area contributed by atoms with E-state index in [4.69, 9.17) is 5.73 Å². The van der Waals surface area contributed by atoms with Gasteiger partial charge in [0, 0.05) is 5.41 Å². The summed E-state index contributed by atoms with van der Waals surface area (Å²) in [4.78, 5) is 0. The molecule has 0 aromatic heterocycles. The molecule has 1 unspecified atom stereocenters. The molecular formula is C10H20FN. The smallest absolute Gasteiger partial charge is 0.103 e. The third-order valence-electron chi connectivity index (χ3n) is 3.34. The van der Waals surface area contributed by atoms with E-state index in [2.05, 4.69) is 0 Å². The predicted octanol–water partition coefficient (Wildman–Crippen LogP) is 2.64. The molecule has 0 aromatic carbocycles. The molecule has 0 bridgehead atoms. The van der Waals surface area contributed by atoms with Gasteiger partial charge in [-0.25, -0.2) is 4.39 Å². The zero-order valence-corrected chi connectivity index (χ0v) is 7.98. The summed E-state index contributed by atoms with van der Waals surface area (Å²) in [6.45, 7) is 2.33. The highest BCUT2D eigenvalue weighted by atomic mass is 19.1. The van der Waals surface area contributed by atoms with Crippen LogP contribution in [-0.4, -0.2) is 12.7 Å². The second-order valence-corrected chi connectivity index (χ2v) is 4.08. The highest BCUT2D eigenvalue weighted by Crippen LogP contribution is 2.43. The molecule has 2 heteroatoms. The molecule has 1 nitrogen and oxygen atoms in total. The number of hydrogen-bond donors (Lipinski definition) is 1. The zero-order valence-electron chi connectivity index (χ0n) is 7.98. The Morgan fingerprint density at radius 3 is 2.33 bits per heavy atom. The first-order valence-corrected chi connectivity index (χ1v) is 5.05. The molecule has 1 aliphatic carbocycles. The lowest BCUT2D eigenvalue weighted by molar-refractivity contribution is 0.0650. The van der Waals surface area contributed by atoms with Gasteiger partial charge in [-0.3, -0.25) is 0 Å². The fourth-order valence-corrected chi connectivity index (χ4v) is 2.39. The van der Waals surface area contributed by atoms with E-state index in [1.807, 2.05) is 0 Å². The van der Waals surface area contributed by atoms with Crippen molar-refractivity contribution in [3.8, 4) is 0 Å². The molecule has 1 fully saturated rings. The van der Waals surface area contributed by atoms with Gasteiger partial charge in [-0.1, -0.05) is 19.3 Å².